The lowest BCUT2D eigenvalue weighted by Gasteiger charge is -2.19. The van der Waals surface area contributed by atoms with Gasteiger partial charge in [0.1, 0.15) is 12.1 Å². The van der Waals surface area contributed by atoms with Crippen LogP contribution in [-0.2, 0) is 20.1 Å². The van der Waals surface area contributed by atoms with E-state index in [1.165, 1.54) is 0 Å². The number of hydrogen-bond acceptors (Lipinski definition) is 7. The maximum absolute atomic E-state index is 6.19. The first-order valence-electron chi connectivity index (χ1n) is 8.18. The number of aromatic nitrogens is 4. The number of ether oxygens (including phenoxy) is 1. The second-order valence-corrected chi connectivity index (χ2v) is 6.23. The minimum atomic E-state index is 0.548. The molecule has 2 heterocycles. The van der Waals surface area contributed by atoms with Gasteiger partial charge in [0.25, 0.3) is 0 Å². The Hall–Kier alpha value is -3.13. The highest BCUT2D eigenvalue weighted by molar-refractivity contribution is 5.74. The maximum Gasteiger partial charge on any atom is 0.184 e. The Kier molecular flexibility index (Phi) is 5.04. The smallest absolute Gasteiger partial charge is 0.184 e. The summed E-state index contributed by atoms with van der Waals surface area (Å²) in [6.07, 6.45) is 3.34. The van der Waals surface area contributed by atoms with Crippen molar-refractivity contribution in [3.8, 4) is 17.1 Å². The van der Waals surface area contributed by atoms with Gasteiger partial charge in [0.05, 0.1) is 18.4 Å². The van der Waals surface area contributed by atoms with Gasteiger partial charge < -0.3 is 16.2 Å². The topological polar surface area (TPSA) is 108 Å². The largest absolute Gasteiger partial charge is 0.494 e. The van der Waals surface area contributed by atoms with Crippen LogP contribution in [0.2, 0.25) is 0 Å². The lowest BCUT2D eigenvalue weighted by Crippen LogP contribution is -2.18. The van der Waals surface area contributed by atoms with Gasteiger partial charge in [-0.05, 0) is 30.8 Å². The molecule has 2 aromatic heterocycles. The Morgan fingerprint density at radius 3 is 2.65 bits per heavy atom. The van der Waals surface area contributed by atoms with E-state index in [-0.39, 0.29) is 0 Å². The highest BCUT2D eigenvalue weighted by Crippen LogP contribution is 2.34. The number of nitrogens with zero attached hydrogens (tertiary/aromatic N) is 5. The molecule has 4 N–H and O–H groups in total. The van der Waals surface area contributed by atoms with Gasteiger partial charge in [0.15, 0.2) is 11.6 Å². The Labute approximate surface area is 152 Å². The predicted octanol–water partition coefficient (Wildman–Crippen LogP) is 1.68. The van der Waals surface area contributed by atoms with Crippen LogP contribution < -0.4 is 16.2 Å². The van der Waals surface area contributed by atoms with E-state index in [1.807, 2.05) is 38.4 Å². The molecule has 136 valence electrons. The lowest BCUT2D eigenvalue weighted by molar-refractivity contribution is 0.319. The molecule has 8 heteroatoms. The van der Waals surface area contributed by atoms with Gasteiger partial charge in [0, 0.05) is 31.9 Å². The molecule has 0 saturated carbocycles. The van der Waals surface area contributed by atoms with Gasteiger partial charge in [-0.3, -0.25) is 9.58 Å². The SMILES string of the molecule is COc1c(N)cc(CN(C)Cc2cccnc2N)cc1-c1ncn(C)n1. The Bertz CT molecular complexity index is 906. The van der Waals surface area contributed by atoms with E-state index >= 15 is 0 Å². The minimum Gasteiger partial charge on any atom is -0.494 e. The van der Waals surface area contributed by atoms with Crippen LogP contribution >= 0.6 is 0 Å². The molecular formula is C18H23N7O. The van der Waals surface area contributed by atoms with E-state index in [0.29, 0.717) is 36.2 Å². The third-order valence-electron chi connectivity index (χ3n) is 4.04. The van der Waals surface area contributed by atoms with Crippen LogP contribution in [0, 0.1) is 0 Å². The molecule has 0 bridgehead atoms. The Balaban J connectivity index is 1.86. The average molecular weight is 353 g/mol. The molecule has 3 rings (SSSR count). The zero-order chi connectivity index (χ0) is 18.7. The quantitative estimate of drug-likeness (QED) is 0.649. The average Bonchev–Trinajstić information content (AvgIpc) is 3.03. The first kappa shape index (κ1) is 17.7. The van der Waals surface area contributed by atoms with Crippen molar-refractivity contribution in [1.29, 1.82) is 0 Å². The zero-order valence-electron chi connectivity index (χ0n) is 15.2. The molecule has 0 radical (unpaired) electrons. The number of nitrogen functional groups attached to an aromatic ring is 2. The lowest BCUT2D eigenvalue weighted by atomic mass is 10.1. The van der Waals surface area contributed by atoms with Crippen molar-refractivity contribution >= 4 is 11.5 Å². The fourth-order valence-electron chi connectivity index (χ4n) is 2.90. The summed E-state index contributed by atoms with van der Waals surface area (Å²) in [5.74, 6) is 1.71. The Morgan fingerprint density at radius 2 is 2.00 bits per heavy atom. The van der Waals surface area contributed by atoms with E-state index in [1.54, 1.807) is 24.3 Å². The highest BCUT2D eigenvalue weighted by atomic mass is 16.5. The fourth-order valence-corrected chi connectivity index (χ4v) is 2.90. The van der Waals surface area contributed by atoms with E-state index < -0.39 is 0 Å². The summed E-state index contributed by atoms with van der Waals surface area (Å²) >= 11 is 0. The van der Waals surface area contributed by atoms with Crippen molar-refractivity contribution in [1.82, 2.24) is 24.6 Å². The van der Waals surface area contributed by atoms with Gasteiger partial charge >= 0.3 is 0 Å². The van der Waals surface area contributed by atoms with Crippen molar-refractivity contribution in [2.24, 2.45) is 7.05 Å². The van der Waals surface area contributed by atoms with Crippen molar-refractivity contribution in [2.75, 3.05) is 25.6 Å². The van der Waals surface area contributed by atoms with E-state index in [4.69, 9.17) is 16.2 Å². The van der Waals surface area contributed by atoms with Crippen LogP contribution in [0.4, 0.5) is 11.5 Å². The summed E-state index contributed by atoms with van der Waals surface area (Å²) < 4.78 is 7.11. The van der Waals surface area contributed by atoms with Crippen molar-refractivity contribution in [3.05, 3.63) is 47.9 Å². The molecule has 0 fully saturated rings. The molecule has 0 aliphatic heterocycles. The number of benzene rings is 1. The van der Waals surface area contributed by atoms with E-state index in [0.717, 1.165) is 16.7 Å². The van der Waals surface area contributed by atoms with Crippen LogP contribution in [0.5, 0.6) is 5.75 Å². The molecule has 1 aromatic carbocycles. The molecule has 0 aliphatic carbocycles. The molecular weight excluding hydrogens is 330 g/mol. The molecule has 0 aliphatic rings. The monoisotopic (exact) mass is 353 g/mol. The van der Waals surface area contributed by atoms with Crippen LogP contribution in [0.25, 0.3) is 11.4 Å². The normalized spacial score (nSPS) is 11.1. The van der Waals surface area contributed by atoms with Gasteiger partial charge in [-0.15, -0.1) is 0 Å². The second-order valence-electron chi connectivity index (χ2n) is 6.23. The van der Waals surface area contributed by atoms with Crippen LogP contribution in [-0.4, -0.2) is 38.8 Å². The summed E-state index contributed by atoms with van der Waals surface area (Å²) in [7, 11) is 5.43. The molecule has 0 spiro atoms. The number of hydrogen-bond donors (Lipinski definition) is 2. The summed E-state index contributed by atoms with van der Waals surface area (Å²) in [5, 5.41) is 4.36. The minimum absolute atomic E-state index is 0.548. The van der Waals surface area contributed by atoms with Crippen LogP contribution in [0.15, 0.2) is 36.8 Å². The van der Waals surface area contributed by atoms with Gasteiger partial charge in [0.2, 0.25) is 0 Å². The zero-order valence-corrected chi connectivity index (χ0v) is 15.2. The first-order valence-corrected chi connectivity index (χ1v) is 8.18. The summed E-state index contributed by atoms with van der Waals surface area (Å²) in [4.78, 5) is 10.6. The molecule has 8 nitrogen and oxygen atoms in total. The highest BCUT2D eigenvalue weighted by Gasteiger charge is 2.16. The number of anilines is 2. The van der Waals surface area contributed by atoms with Crippen molar-refractivity contribution in [3.63, 3.8) is 0 Å². The molecule has 0 amide bonds. The summed E-state index contributed by atoms with van der Waals surface area (Å²) in [6.45, 7) is 1.37. The summed E-state index contributed by atoms with van der Waals surface area (Å²) in [6, 6.07) is 7.78. The van der Waals surface area contributed by atoms with Gasteiger partial charge in [-0.2, -0.15) is 5.10 Å². The standard InChI is InChI=1S/C18H23N7O/c1-24(10-13-5-4-6-21-17(13)20)9-12-7-14(16(26-3)15(19)8-12)18-22-11-25(2)23-18/h4-8,11H,9-10,19H2,1-3H3,(H2,20,21). The number of nitrogens with two attached hydrogens (primary N) is 2. The maximum atomic E-state index is 6.19. The molecule has 26 heavy (non-hydrogen) atoms. The van der Waals surface area contributed by atoms with E-state index in [9.17, 15) is 0 Å². The van der Waals surface area contributed by atoms with Crippen molar-refractivity contribution < 1.29 is 4.74 Å². The number of pyridine rings is 1. The van der Waals surface area contributed by atoms with Crippen molar-refractivity contribution in [2.45, 2.75) is 13.1 Å². The first-order chi connectivity index (χ1) is 12.5. The molecule has 3 aromatic rings. The van der Waals surface area contributed by atoms with E-state index in [2.05, 4.69) is 20.0 Å². The van der Waals surface area contributed by atoms with Crippen LogP contribution in [0.1, 0.15) is 11.1 Å². The predicted molar refractivity (Wildman–Crippen MR) is 101 cm³/mol. The fraction of sp³-hybridized carbons (Fsp3) is 0.278. The van der Waals surface area contributed by atoms with Gasteiger partial charge in [-0.25, -0.2) is 9.97 Å². The number of aryl methyl sites for hydroxylation is 1. The third kappa shape index (κ3) is 3.75. The molecule has 0 atom stereocenters. The Morgan fingerprint density at radius 1 is 1.19 bits per heavy atom. The number of rotatable bonds is 6. The summed E-state index contributed by atoms with van der Waals surface area (Å²) in [5.41, 5.74) is 15.5. The number of methoxy groups -OCH3 is 1. The molecule has 0 saturated heterocycles. The third-order valence-corrected chi connectivity index (χ3v) is 4.04. The van der Waals surface area contributed by atoms with Gasteiger partial charge in [-0.1, -0.05) is 6.07 Å². The van der Waals surface area contributed by atoms with Crippen LogP contribution in [0.3, 0.4) is 0 Å². The molecule has 0 unspecified atom stereocenters. The second kappa shape index (κ2) is 7.40.